The van der Waals surface area contributed by atoms with E-state index in [2.05, 4.69) is 5.32 Å². The van der Waals surface area contributed by atoms with Gasteiger partial charge in [-0.3, -0.25) is 14.4 Å². The van der Waals surface area contributed by atoms with E-state index in [1.807, 2.05) is 20.8 Å². The van der Waals surface area contributed by atoms with Crippen LogP contribution in [0.1, 0.15) is 47.0 Å². The number of carbonyl (C=O) groups excluding carboxylic acids is 2. The molecule has 6 heteroatoms. The molecule has 1 fully saturated rings. The van der Waals surface area contributed by atoms with E-state index in [-0.39, 0.29) is 23.8 Å². The summed E-state index contributed by atoms with van der Waals surface area (Å²) < 4.78 is 0. The molecule has 6 nitrogen and oxygen atoms in total. The fourth-order valence-corrected chi connectivity index (χ4v) is 2.35. The summed E-state index contributed by atoms with van der Waals surface area (Å²) in [4.78, 5) is 36.8. The number of amides is 2. The average molecular weight is 298 g/mol. The van der Waals surface area contributed by atoms with Crippen molar-refractivity contribution >= 4 is 17.8 Å². The number of carboxylic acids is 1. The largest absolute Gasteiger partial charge is 0.481 e. The zero-order valence-corrected chi connectivity index (χ0v) is 13.3. The summed E-state index contributed by atoms with van der Waals surface area (Å²) in [5.74, 6) is -1.83. The predicted octanol–water partition coefficient (Wildman–Crippen LogP) is 1.25. The van der Waals surface area contributed by atoms with E-state index >= 15 is 0 Å². The fourth-order valence-electron chi connectivity index (χ4n) is 2.35. The fraction of sp³-hybridized carbons (Fsp3) is 0.800. The first-order valence-corrected chi connectivity index (χ1v) is 7.42. The van der Waals surface area contributed by atoms with Crippen LogP contribution in [0.25, 0.3) is 0 Å². The first-order chi connectivity index (χ1) is 9.61. The molecule has 1 rings (SSSR count). The zero-order chi connectivity index (χ0) is 16.2. The van der Waals surface area contributed by atoms with E-state index in [1.165, 1.54) is 0 Å². The number of aliphatic carboxylic acids is 1. The van der Waals surface area contributed by atoms with Crippen molar-refractivity contribution in [1.29, 1.82) is 0 Å². The van der Waals surface area contributed by atoms with Crippen LogP contribution in [0, 0.1) is 11.3 Å². The standard InChI is InChI=1S/C15H26N2O4/c1-10(14(20)21)9-16-13(19)11-6-5-7-17(11)12(18)8-15(2,3)4/h10-11H,5-9H2,1-4H3,(H,16,19)(H,20,21). The second kappa shape index (κ2) is 6.91. The number of likely N-dealkylation sites (tertiary alicyclic amines) is 1. The number of rotatable bonds is 5. The van der Waals surface area contributed by atoms with Gasteiger partial charge in [-0.25, -0.2) is 0 Å². The van der Waals surface area contributed by atoms with Crippen LogP contribution in [0.4, 0.5) is 0 Å². The van der Waals surface area contributed by atoms with Crippen LogP contribution in [-0.2, 0) is 14.4 Å². The van der Waals surface area contributed by atoms with Crippen molar-refractivity contribution in [1.82, 2.24) is 10.2 Å². The van der Waals surface area contributed by atoms with Crippen LogP contribution in [0.5, 0.6) is 0 Å². The Morgan fingerprint density at radius 2 is 1.95 bits per heavy atom. The summed E-state index contributed by atoms with van der Waals surface area (Å²) in [5, 5.41) is 11.5. The number of hydrogen-bond acceptors (Lipinski definition) is 3. The number of carboxylic acid groups (broad SMARTS) is 1. The minimum absolute atomic E-state index is 0.00793. The molecular weight excluding hydrogens is 272 g/mol. The smallest absolute Gasteiger partial charge is 0.308 e. The Bertz CT molecular complexity index is 414. The van der Waals surface area contributed by atoms with Crippen molar-refractivity contribution in [3.8, 4) is 0 Å². The van der Waals surface area contributed by atoms with E-state index in [9.17, 15) is 14.4 Å². The first-order valence-electron chi connectivity index (χ1n) is 7.42. The van der Waals surface area contributed by atoms with Crippen LogP contribution in [0.15, 0.2) is 0 Å². The van der Waals surface area contributed by atoms with E-state index in [0.29, 0.717) is 19.4 Å². The molecule has 2 unspecified atom stereocenters. The Balaban J connectivity index is 2.58. The molecular formula is C15H26N2O4. The lowest BCUT2D eigenvalue weighted by Crippen LogP contribution is -2.47. The van der Waals surface area contributed by atoms with E-state index < -0.39 is 17.9 Å². The minimum atomic E-state index is -0.942. The normalized spacial score (nSPS) is 20.2. The van der Waals surface area contributed by atoms with E-state index in [4.69, 9.17) is 5.11 Å². The second-order valence-corrected chi connectivity index (χ2v) is 6.97. The third-order valence-electron chi connectivity index (χ3n) is 3.56. The van der Waals surface area contributed by atoms with Crippen molar-refractivity contribution in [3.05, 3.63) is 0 Å². The molecule has 21 heavy (non-hydrogen) atoms. The summed E-state index contributed by atoms with van der Waals surface area (Å²) in [6, 6.07) is -0.458. The maximum atomic E-state index is 12.3. The van der Waals surface area contributed by atoms with Gasteiger partial charge in [0.05, 0.1) is 5.92 Å². The Labute approximate surface area is 125 Å². The summed E-state index contributed by atoms with van der Waals surface area (Å²) in [7, 11) is 0. The highest BCUT2D eigenvalue weighted by molar-refractivity contribution is 5.88. The van der Waals surface area contributed by atoms with Crippen molar-refractivity contribution in [2.75, 3.05) is 13.1 Å². The molecule has 0 aromatic carbocycles. The average Bonchev–Trinajstić information content (AvgIpc) is 2.82. The van der Waals surface area contributed by atoms with E-state index in [0.717, 1.165) is 6.42 Å². The molecule has 0 aliphatic carbocycles. The Morgan fingerprint density at radius 1 is 1.33 bits per heavy atom. The molecule has 1 heterocycles. The maximum absolute atomic E-state index is 12.3. The van der Waals surface area contributed by atoms with Crippen molar-refractivity contribution in [3.63, 3.8) is 0 Å². The van der Waals surface area contributed by atoms with Gasteiger partial charge in [0.25, 0.3) is 0 Å². The quantitative estimate of drug-likeness (QED) is 0.799. The Morgan fingerprint density at radius 3 is 2.48 bits per heavy atom. The SMILES string of the molecule is CC(CNC(=O)C1CCCN1C(=O)CC(C)(C)C)C(=O)O. The summed E-state index contributed by atoms with van der Waals surface area (Å²) >= 11 is 0. The molecule has 0 radical (unpaired) electrons. The molecule has 2 atom stereocenters. The van der Waals surface area contributed by atoms with Gasteiger partial charge in [0, 0.05) is 19.5 Å². The van der Waals surface area contributed by atoms with Gasteiger partial charge in [-0.1, -0.05) is 27.7 Å². The highest BCUT2D eigenvalue weighted by Crippen LogP contribution is 2.24. The molecule has 0 aromatic rings. The number of nitrogens with one attached hydrogen (secondary N) is 1. The van der Waals surface area contributed by atoms with Gasteiger partial charge in [0.15, 0.2) is 0 Å². The molecule has 0 bridgehead atoms. The summed E-state index contributed by atoms with van der Waals surface area (Å²) in [6.45, 7) is 8.20. The van der Waals surface area contributed by atoms with Crippen molar-refractivity contribution < 1.29 is 19.5 Å². The minimum Gasteiger partial charge on any atom is -0.481 e. The van der Waals surface area contributed by atoms with Crippen molar-refractivity contribution in [2.45, 2.75) is 53.0 Å². The summed E-state index contributed by atoms with van der Waals surface area (Å²) in [6.07, 6.45) is 1.86. The first kappa shape index (κ1) is 17.5. The molecule has 0 aromatic heterocycles. The highest BCUT2D eigenvalue weighted by Gasteiger charge is 2.35. The molecule has 0 saturated carbocycles. The van der Waals surface area contributed by atoms with Gasteiger partial charge in [0.2, 0.25) is 11.8 Å². The molecule has 0 spiro atoms. The summed E-state index contributed by atoms with van der Waals surface area (Å²) in [5.41, 5.74) is -0.113. The van der Waals surface area contributed by atoms with Gasteiger partial charge in [-0.15, -0.1) is 0 Å². The van der Waals surface area contributed by atoms with Crippen LogP contribution in [0.2, 0.25) is 0 Å². The van der Waals surface area contributed by atoms with Crippen LogP contribution >= 0.6 is 0 Å². The third-order valence-corrected chi connectivity index (χ3v) is 3.56. The van der Waals surface area contributed by atoms with Gasteiger partial charge < -0.3 is 15.3 Å². The number of hydrogen-bond donors (Lipinski definition) is 2. The topological polar surface area (TPSA) is 86.7 Å². The van der Waals surface area contributed by atoms with Crippen molar-refractivity contribution in [2.24, 2.45) is 11.3 Å². The molecule has 1 saturated heterocycles. The second-order valence-electron chi connectivity index (χ2n) is 6.97. The lowest BCUT2D eigenvalue weighted by atomic mass is 9.91. The highest BCUT2D eigenvalue weighted by atomic mass is 16.4. The maximum Gasteiger partial charge on any atom is 0.308 e. The monoisotopic (exact) mass is 298 g/mol. The van der Waals surface area contributed by atoms with Crippen LogP contribution < -0.4 is 5.32 Å². The Hall–Kier alpha value is -1.59. The van der Waals surface area contributed by atoms with Gasteiger partial charge in [-0.2, -0.15) is 0 Å². The number of carbonyl (C=O) groups is 3. The van der Waals surface area contributed by atoms with E-state index in [1.54, 1.807) is 11.8 Å². The molecule has 2 N–H and O–H groups in total. The zero-order valence-electron chi connectivity index (χ0n) is 13.3. The molecule has 120 valence electrons. The Kier molecular flexibility index (Phi) is 5.75. The third kappa shape index (κ3) is 5.36. The lowest BCUT2D eigenvalue weighted by Gasteiger charge is -2.27. The number of nitrogens with zero attached hydrogens (tertiary/aromatic N) is 1. The van der Waals surface area contributed by atoms with Gasteiger partial charge in [-0.05, 0) is 18.3 Å². The van der Waals surface area contributed by atoms with Crippen LogP contribution in [-0.4, -0.2) is 46.9 Å². The molecule has 1 aliphatic rings. The predicted molar refractivity (Wildman–Crippen MR) is 78.6 cm³/mol. The van der Waals surface area contributed by atoms with Crippen LogP contribution in [0.3, 0.4) is 0 Å². The lowest BCUT2D eigenvalue weighted by molar-refractivity contribution is -0.142. The molecule has 1 aliphatic heterocycles. The molecule has 2 amide bonds. The van der Waals surface area contributed by atoms with Gasteiger partial charge >= 0.3 is 5.97 Å². The van der Waals surface area contributed by atoms with Gasteiger partial charge in [0.1, 0.15) is 6.04 Å².